The molecule has 2 aromatic carbocycles. The lowest BCUT2D eigenvalue weighted by atomic mass is 9.99. The average Bonchev–Trinajstić information content (AvgIpc) is 3.09. The van der Waals surface area contributed by atoms with Crippen LogP contribution >= 0.6 is 0 Å². The van der Waals surface area contributed by atoms with Crippen LogP contribution in [0.5, 0.6) is 0 Å². The second-order valence-corrected chi connectivity index (χ2v) is 7.65. The standard InChI is InChI=1S/C19H21N3O2S/c1-3-15(2)16-9-11-18(12-10-16)25(23,24)21-19-13-14-22(20-19)17-7-5-4-6-8-17/h4-15H,3H2,1-2H3,(H,20,21). The minimum atomic E-state index is -3.66. The third kappa shape index (κ3) is 3.91. The molecule has 0 saturated carbocycles. The molecule has 0 amide bonds. The summed E-state index contributed by atoms with van der Waals surface area (Å²) >= 11 is 0. The van der Waals surface area contributed by atoms with Crippen LogP contribution in [0.3, 0.4) is 0 Å². The molecule has 5 nitrogen and oxygen atoms in total. The largest absolute Gasteiger partial charge is 0.263 e. The summed E-state index contributed by atoms with van der Waals surface area (Å²) in [6.07, 6.45) is 2.74. The van der Waals surface area contributed by atoms with E-state index in [-0.39, 0.29) is 10.7 Å². The Bertz CT molecular complexity index is 932. The molecule has 0 aliphatic heterocycles. The van der Waals surface area contributed by atoms with Crippen LogP contribution in [0.4, 0.5) is 5.82 Å². The highest BCUT2D eigenvalue weighted by Crippen LogP contribution is 2.21. The number of nitrogens with one attached hydrogen (secondary N) is 1. The summed E-state index contributed by atoms with van der Waals surface area (Å²) in [5.41, 5.74) is 2.00. The third-order valence-electron chi connectivity index (χ3n) is 4.22. The van der Waals surface area contributed by atoms with Gasteiger partial charge in [0.2, 0.25) is 0 Å². The van der Waals surface area contributed by atoms with Gasteiger partial charge in [0.25, 0.3) is 10.0 Å². The first-order chi connectivity index (χ1) is 12.0. The number of nitrogens with zero attached hydrogens (tertiary/aromatic N) is 2. The second-order valence-electron chi connectivity index (χ2n) is 5.96. The van der Waals surface area contributed by atoms with Crippen molar-refractivity contribution in [3.8, 4) is 5.69 Å². The van der Waals surface area contributed by atoms with Crippen molar-refractivity contribution in [3.63, 3.8) is 0 Å². The lowest BCUT2D eigenvalue weighted by Crippen LogP contribution is -2.13. The maximum absolute atomic E-state index is 12.5. The van der Waals surface area contributed by atoms with Crippen LogP contribution < -0.4 is 4.72 Å². The van der Waals surface area contributed by atoms with Crippen LogP contribution in [0, 0.1) is 0 Å². The molecule has 3 rings (SSSR count). The van der Waals surface area contributed by atoms with Gasteiger partial charge in [0.1, 0.15) is 0 Å². The summed E-state index contributed by atoms with van der Waals surface area (Å²) in [5.74, 6) is 0.696. The fourth-order valence-corrected chi connectivity index (χ4v) is 3.51. The number of aromatic nitrogens is 2. The van der Waals surface area contributed by atoms with Gasteiger partial charge in [-0.1, -0.05) is 44.2 Å². The van der Waals surface area contributed by atoms with Gasteiger partial charge >= 0.3 is 0 Å². The summed E-state index contributed by atoms with van der Waals surface area (Å²) in [5, 5.41) is 4.28. The molecule has 1 unspecified atom stereocenters. The van der Waals surface area contributed by atoms with Crippen molar-refractivity contribution in [2.75, 3.05) is 4.72 Å². The molecule has 130 valence electrons. The van der Waals surface area contributed by atoms with E-state index in [1.165, 1.54) is 0 Å². The van der Waals surface area contributed by atoms with Crippen molar-refractivity contribution in [2.24, 2.45) is 0 Å². The van der Waals surface area contributed by atoms with Gasteiger partial charge in [0, 0.05) is 12.3 Å². The van der Waals surface area contributed by atoms with E-state index in [4.69, 9.17) is 0 Å². The molecule has 0 aliphatic carbocycles. The van der Waals surface area contributed by atoms with E-state index in [2.05, 4.69) is 23.7 Å². The Hall–Kier alpha value is -2.60. The fourth-order valence-electron chi connectivity index (χ4n) is 2.51. The van der Waals surface area contributed by atoms with Gasteiger partial charge in [-0.15, -0.1) is 5.10 Å². The van der Waals surface area contributed by atoms with Crippen LogP contribution in [0.25, 0.3) is 5.69 Å². The Kier molecular flexibility index (Phi) is 4.90. The van der Waals surface area contributed by atoms with Gasteiger partial charge in [-0.3, -0.25) is 4.72 Å². The highest BCUT2D eigenvalue weighted by atomic mass is 32.2. The molecule has 1 aromatic heterocycles. The number of hydrogen-bond acceptors (Lipinski definition) is 3. The fraction of sp³-hybridized carbons (Fsp3) is 0.211. The molecule has 1 atom stereocenters. The summed E-state index contributed by atoms with van der Waals surface area (Å²) in [4.78, 5) is 0.230. The zero-order valence-electron chi connectivity index (χ0n) is 14.3. The SMILES string of the molecule is CCC(C)c1ccc(S(=O)(=O)Nc2ccn(-c3ccccc3)n2)cc1. The highest BCUT2D eigenvalue weighted by molar-refractivity contribution is 7.92. The Labute approximate surface area is 148 Å². The number of rotatable bonds is 6. The van der Waals surface area contributed by atoms with E-state index in [1.54, 1.807) is 29.1 Å². The second kappa shape index (κ2) is 7.11. The Morgan fingerprint density at radius 1 is 1.04 bits per heavy atom. The van der Waals surface area contributed by atoms with Crippen molar-refractivity contribution in [1.82, 2.24) is 9.78 Å². The Morgan fingerprint density at radius 3 is 2.36 bits per heavy atom. The molecule has 3 aromatic rings. The van der Waals surface area contributed by atoms with E-state index in [9.17, 15) is 8.42 Å². The van der Waals surface area contributed by atoms with Gasteiger partial charge in [-0.05, 0) is 42.2 Å². The van der Waals surface area contributed by atoms with Crippen LogP contribution in [0.2, 0.25) is 0 Å². The summed E-state index contributed by atoms with van der Waals surface area (Å²) in [6, 6.07) is 18.2. The van der Waals surface area contributed by atoms with Gasteiger partial charge < -0.3 is 0 Å². The predicted octanol–water partition coefficient (Wildman–Crippen LogP) is 4.19. The van der Waals surface area contributed by atoms with E-state index in [1.807, 2.05) is 42.5 Å². The van der Waals surface area contributed by atoms with Crippen molar-refractivity contribution in [2.45, 2.75) is 31.1 Å². The molecule has 0 fully saturated rings. The van der Waals surface area contributed by atoms with E-state index < -0.39 is 10.0 Å². The monoisotopic (exact) mass is 355 g/mol. The quantitative estimate of drug-likeness (QED) is 0.721. The molecule has 0 radical (unpaired) electrons. The zero-order chi connectivity index (χ0) is 17.9. The van der Waals surface area contributed by atoms with E-state index in [0.29, 0.717) is 5.92 Å². The molecule has 25 heavy (non-hydrogen) atoms. The van der Waals surface area contributed by atoms with E-state index in [0.717, 1.165) is 17.7 Å². The number of para-hydroxylation sites is 1. The molecular formula is C19H21N3O2S. The van der Waals surface area contributed by atoms with Crippen molar-refractivity contribution in [1.29, 1.82) is 0 Å². The van der Waals surface area contributed by atoms with Crippen LogP contribution in [-0.2, 0) is 10.0 Å². The predicted molar refractivity (Wildman–Crippen MR) is 99.5 cm³/mol. The van der Waals surface area contributed by atoms with E-state index >= 15 is 0 Å². The molecule has 1 heterocycles. The summed E-state index contributed by atoms with van der Waals surface area (Å²) < 4.78 is 29.2. The smallest absolute Gasteiger partial charge is 0.262 e. The first kappa shape index (κ1) is 17.2. The lowest BCUT2D eigenvalue weighted by Gasteiger charge is -2.10. The van der Waals surface area contributed by atoms with Gasteiger partial charge in [-0.25, -0.2) is 13.1 Å². The molecule has 0 aliphatic rings. The maximum atomic E-state index is 12.5. The summed E-state index contributed by atoms with van der Waals surface area (Å²) in [6.45, 7) is 4.23. The van der Waals surface area contributed by atoms with Gasteiger partial charge in [-0.2, -0.15) is 0 Å². The normalized spacial score (nSPS) is 12.7. The van der Waals surface area contributed by atoms with Crippen molar-refractivity contribution < 1.29 is 8.42 Å². The minimum Gasteiger partial charge on any atom is -0.262 e. The van der Waals surface area contributed by atoms with Crippen LogP contribution in [0.1, 0.15) is 31.7 Å². The Balaban J connectivity index is 1.79. The molecule has 0 spiro atoms. The Morgan fingerprint density at radius 2 is 1.72 bits per heavy atom. The molecular weight excluding hydrogens is 334 g/mol. The molecule has 0 bridgehead atoms. The number of hydrogen-bond donors (Lipinski definition) is 1. The van der Waals surface area contributed by atoms with Crippen LogP contribution in [0.15, 0.2) is 71.8 Å². The topological polar surface area (TPSA) is 64.0 Å². The lowest BCUT2D eigenvalue weighted by molar-refractivity contribution is 0.600. The summed E-state index contributed by atoms with van der Waals surface area (Å²) in [7, 11) is -3.66. The number of sulfonamides is 1. The zero-order valence-corrected chi connectivity index (χ0v) is 15.1. The van der Waals surface area contributed by atoms with Crippen molar-refractivity contribution >= 4 is 15.8 Å². The number of benzene rings is 2. The highest BCUT2D eigenvalue weighted by Gasteiger charge is 2.16. The molecule has 0 saturated heterocycles. The van der Waals surface area contributed by atoms with Gasteiger partial charge in [0.15, 0.2) is 5.82 Å². The third-order valence-corrected chi connectivity index (χ3v) is 5.59. The number of anilines is 1. The maximum Gasteiger partial charge on any atom is 0.263 e. The molecule has 6 heteroatoms. The minimum absolute atomic E-state index is 0.230. The van der Waals surface area contributed by atoms with Crippen molar-refractivity contribution in [3.05, 3.63) is 72.4 Å². The first-order valence-corrected chi connectivity index (χ1v) is 9.72. The van der Waals surface area contributed by atoms with Gasteiger partial charge in [0.05, 0.1) is 10.6 Å². The van der Waals surface area contributed by atoms with Crippen LogP contribution in [-0.4, -0.2) is 18.2 Å². The first-order valence-electron chi connectivity index (χ1n) is 8.23. The molecule has 1 N–H and O–H groups in total. The average molecular weight is 355 g/mol.